The summed E-state index contributed by atoms with van der Waals surface area (Å²) >= 11 is 0. The molecule has 2 fully saturated rings. The maximum Gasteiger partial charge on any atom is 0.270 e. The zero-order valence-electron chi connectivity index (χ0n) is 14.6. The molecule has 25 heavy (non-hydrogen) atoms. The number of hydrogen-bond acceptors (Lipinski definition) is 5. The Morgan fingerprint density at radius 3 is 2.72 bits per heavy atom. The Morgan fingerprint density at radius 2 is 2.04 bits per heavy atom. The van der Waals surface area contributed by atoms with E-state index in [-0.39, 0.29) is 17.6 Å². The van der Waals surface area contributed by atoms with Gasteiger partial charge in [-0.1, -0.05) is 6.92 Å². The molecule has 136 valence electrons. The predicted molar refractivity (Wildman–Crippen MR) is 95.1 cm³/mol. The van der Waals surface area contributed by atoms with E-state index in [1.165, 1.54) is 12.1 Å². The first kappa shape index (κ1) is 17.7. The molecule has 0 bridgehead atoms. The van der Waals surface area contributed by atoms with Crippen LogP contribution in [0.3, 0.4) is 0 Å². The second kappa shape index (κ2) is 7.82. The molecule has 2 aliphatic rings. The number of morpholine rings is 1. The molecular formula is C18H25N3O4. The van der Waals surface area contributed by atoms with Crippen molar-refractivity contribution in [1.82, 2.24) is 4.90 Å². The molecular weight excluding hydrogens is 322 g/mol. The third-order valence-corrected chi connectivity index (χ3v) is 5.13. The van der Waals surface area contributed by atoms with E-state index in [4.69, 9.17) is 4.74 Å². The number of ether oxygens (including phenoxy) is 1. The van der Waals surface area contributed by atoms with Gasteiger partial charge in [0.15, 0.2) is 0 Å². The summed E-state index contributed by atoms with van der Waals surface area (Å²) in [6, 6.07) is 4.85. The molecule has 0 aliphatic carbocycles. The molecule has 1 atom stereocenters. The minimum absolute atomic E-state index is 0.0367. The van der Waals surface area contributed by atoms with Crippen LogP contribution in [0.4, 0.5) is 11.4 Å². The van der Waals surface area contributed by atoms with E-state index >= 15 is 0 Å². The first-order valence-corrected chi connectivity index (χ1v) is 9.04. The molecule has 2 heterocycles. The second-order valence-electron chi connectivity index (χ2n) is 6.61. The van der Waals surface area contributed by atoms with Gasteiger partial charge in [0, 0.05) is 37.8 Å². The van der Waals surface area contributed by atoms with Crippen molar-refractivity contribution in [2.75, 3.05) is 37.7 Å². The standard InChI is InChI=1S/C18H25N3O4/c1-2-14-5-3-4-8-20(14)18(22)16-13-15(21(23)24)6-7-17(16)19-9-11-25-12-10-19/h6-7,13-14H,2-5,8-12H2,1H3. The summed E-state index contributed by atoms with van der Waals surface area (Å²) in [6.45, 7) is 5.40. The molecule has 1 aromatic rings. The number of amides is 1. The van der Waals surface area contributed by atoms with Gasteiger partial charge < -0.3 is 14.5 Å². The van der Waals surface area contributed by atoms with E-state index in [2.05, 4.69) is 11.8 Å². The number of nitrogens with zero attached hydrogens (tertiary/aromatic N) is 3. The van der Waals surface area contributed by atoms with Crippen LogP contribution in [0.5, 0.6) is 0 Å². The van der Waals surface area contributed by atoms with Crippen LogP contribution in [0, 0.1) is 10.1 Å². The zero-order chi connectivity index (χ0) is 17.8. The van der Waals surface area contributed by atoms with Crippen molar-refractivity contribution < 1.29 is 14.5 Å². The Hall–Kier alpha value is -2.15. The molecule has 0 spiro atoms. The average molecular weight is 347 g/mol. The van der Waals surface area contributed by atoms with Crippen molar-refractivity contribution in [3.63, 3.8) is 0 Å². The number of rotatable bonds is 4. The van der Waals surface area contributed by atoms with Gasteiger partial charge in [0.25, 0.3) is 11.6 Å². The van der Waals surface area contributed by atoms with Gasteiger partial charge in [-0.25, -0.2) is 0 Å². The summed E-state index contributed by atoms with van der Waals surface area (Å²) in [5.41, 5.74) is 1.18. The van der Waals surface area contributed by atoms with Crippen LogP contribution in [0.25, 0.3) is 0 Å². The fourth-order valence-electron chi connectivity index (χ4n) is 3.74. The number of piperidine rings is 1. The number of non-ortho nitro benzene ring substituents is 1. The predicted octanol–water partition coefficient (Wildman–Crippen LogP) is 2.84. The summed E-state index contributed by atoms with van der Waals surface area (Å²) in [7, 11) is 0. The van der Waals surface area contributed by atoms with Gasteiger partial charge in [0.05, 0.1) is 29.4 Å². The third kappa shape index (κ3) is 3.76. The van der Waals surface area contributed by atoms with Crippen molar-refractivity contribution in [2.24, 2.45) is 0 Å². The summed E-state index contributed by atoms with van der Waals surface area (Å²) in [4.78, 5) is 28.0. The monoisotopic (exact) mass is 347 g/mol. The molecule has 2 saturated heterocycles. The summed E-state index contributed by atoms with van der Waals surface area (Å²) in [6.07, 6.45) is 4.04. The average Bonchev–Trinajstić information content (AvgIpc) is 2.67. The van der Waals surface area contributed by atoms with E-state index in [9.17, 15) is 14.9 Å². The summed E-state index contributed by atoms with van der Waals surface area (Å²) in [5.74, 6) is -0.0864. The Kier molecular flexibility index (Phi) is 5.53. The fraction of sp³-hybridized carbons (Fsp3) is 0.611. The highest BCUT2D eigenvalue weighted by Gasteiger charge is 2.30. The number of carbonyl (C=O) groups excluding carboxylic acids is 1. The summed E-state index contributed by atoms with van der Waals surface area (Å²) < 4.78 is 5.39. The lowest BCUT2D eigenvalue weighted by atomic mass is 9.98. The Morgan fingerprint density at radius 1 is 1.28 bits per heavy atom. The van der Waals surface area contributed by atoms with E-state index in [0.717, 1.165) is 37.9 Å². The number of nitro benzene ring substituents is 1. The number of hydrogen-bond donors (Lipinski definition) is 0. The van der Waals surface area contributed by atoms with E-state index < -0.39 is 4.92 Å². The molecule has 1 unspecified atom stereocenters. The lowest BCUT2D eigenvalue weighted by Crippen LogP contribution is -2.44. The molecule has 7 heteroatoms. The SMILES string of the molecule is CCC1CCCCN1C(=O)c1cc([N+](=O)[O-])ccc1N1CCOCC1. The van der Waals surface area contributed by atoms with Crippen LogP contribution < -0.4 is 4.90 Å². The van der Waals surface area contributed by atoms with Crippen LogP contribution in [0.2, 0.25) is 0 Å². The second-order valence-corrected chi connectivity index (χ2v) is 6.61. The molecule has 0 N–H and O–H groups in total. The number of benzene rings is 1. The van der Waals surface area contributed by atoms with Crippen molar-refractivity contribution in [1.29, 1.82) is 0 Å². The minimum atomic E-state index is -0.437. The van der Waals surface area contributed by atoms with Crippen LogP contribution in [0.1, 0.15) is 43.0 Å². The number of anilines is 1. The zero-order valence-corrected chi connectivity index (χ0v) is 14.6. The van der Waals surface area contributed by atoms with Crippen LogP contribution in [-0.2, 0) is 4.74 Å². The third-order valence-electron chi connectivity index (χ3n) is 5.13. The topological polar surface area (TPSA) is 75.9 Å². The molecule has 1 aromatic carbocycles. The number of nitro groups is 1. The Labute approximate surface area is 147 Å². The van der Waals surface area contributed by atoms with E-state index in [0.29, 0.717) is 31.9 Å². The fourth-order valence-corrected chi connectivity index (χ4v) is 3.74. The van der Waals surface area contributed by atoms with Gasteiger partial charge in [-0.3, -0.25) is 14.9 Å². The van der Waals surface area contributed by atoms with Crippen molar-refractivity contribution in [3.8, 4) is 0 Å². The molecule has 0 radical (unpaired) electrons. The van der Waals surface area contributed by atoms with Crippen molar-refractivity contribution in [2.45, 2.75) is 38.6 Å². The van der Waals surface area contributed by atoms with Crippen molar-refractivity contribution in [3.05, 3.63) is 33.9 Å². The highest BCUT2D eigenvalue weighted by Crippen LogP contribution is 2.30. The van der Waals surface area contributed by atoms with E-state index in [1.54, 1.807) is 6.07 Å². The maximum absolute atomic E-state index is 13.3. The largest absolute Gasteiger partial charge is 0.378 e. The first-order chi connectivity index (χ1) is 12.1. The minimum Gasteiger partial charge on any atom is -0.378 e. The summed E-state index contributed by atoms with van der Waals surface area (Å²) in [5, 5.41) is 11.2. The molecule has 1 amide bonds. The van der Waals surface area contributed by atoms with Gasteiger partial charge in [-0.15, -0.1) is 0 Å². The molecule has 0 aromatic heterocycles. The molecule has 7 nitrogen and oxygen atoms in total. The van der Waals surface area contributed by atoms with Crippen LogP contribution in [0.15, 0.2) is 18.2 Å². The smallest absolute Gasteiger partial charge is 0.270 e. The highest BCUT2D eigenvalue weighted by molar-refractivity contribution is 6.00. The van der Waals surface area contributed by atoms with Gasteiger partial charge >= 0.3 is 0 Å². The normalized spacial score (nSPS) is 21.2. The molecule has 2 aliphatic heterocycles. The van der Waals surface area contributed by atoms with Gasteiger partial charge in [0.2, 0.25) is 0 Å². The Bertz CT molecular complexity index is 643. The van der Waals surface area contributed by atoms with Gasteiger partial charge in [-0.05, 0) is 31.7 Å². The first-order valence-electron chi connectivity index (χ1n) is 9.04. The van der Waals surface area contributed by atoms with Crippen LogP contribution >= 0.6 is 0 Å². The van der Waals surface area contributed by atoms with Crippen molar-refractivity contribution >= 4 is 17.3 Å². The molecule has 0 saturated carbocycles. The maximum atomic E-state index is 13.3. The van der Waals surface area contributed by atoms with Gasteiger partial charge in [0.1, 0.15) is 0 Å². The van der Waals surface area contributed by atoms with E-state index in [1.807, 2.05) is 4.90 Å². The Balaban J connectivity index is 1.97. The highest BCUT2D eigenvalue weighted by atomic mass is 16.6. The lowest BCUT2D eigenvalue weighted by Gasteiger charge is -2.37. The van der Waals surface area contributed by atoms with Gasteiger partial charge in [-0.2, -0.15) is 0 Å². The number of likely N-dealkylation sites (tertiary alicyclic amines) is 1. The van der Waals surface area contributed by atoms with Crippen LogP contribution in [-0.4, -0.2) is 54.6 Å². The lowest BCUT2D eigenvalue weighted by molar-refractivity contribution is -0.384. The molecule has 3 rings (SSSR count). The number of carbonyl (C=O) groups is 1. The quantitative estimate of drug-likeness (QED) is 0.618.